The van der Waals surface area contributed by atoms with Crippen molar-refractivity contribution in [3.63, 3.8) is 0 Å². The molecular formula is C30H35N3O4S. The molecule has 0 unspecified atom stereocenters. The monoisotopic (exact) mass is 533 g/mol. The van der Waals surface area contributed by atoms with Crippen LogP contribution >= 0.6 is 0 Å². The number of anilines is 1. The van der Waals surface area contributed by atoms with Gasteiger partial charge in [0.15, 0.2) is 11.5 Å². The second kappa shape index (κ2) is 12.4. The zero-order valence-corrected chi connectivity index (χ0v) is 23.0. The number of sulfonamides is 1. The minimum atomic E-state index is -3.63. The maximum atomic E-state index is 12.8. The third-order valence-electron chi connectivity index (χ3n) is 6.44. The first-order valence-corrected chi connectivity index (χ1v) is 14.6. The summed E-state index contributed by atoms with van der Waals surface area (Å²) in [6.07, 6.45) is 4.66. The molecule has 1 aromatic heterocycles. The van der Waals surface area contributed by atoms with E-state index in [0.717, 1.165) is 36.1 Å². The van der Waals surface area contributed by atoms with Crippen molar-refractivity contribution < 1.29 is 17.6 Å². The number of hydrogen-bond donors (Lipinski definition) is 2. The number of oxazole rings is 1. The first-order chi connectivity index (χ1) is 18.2. The highest BCUT2D eigenvalue weighted by atomic mass is 32.2. The van der Waals surface area contributed by atoms with Gasteiger partial charge in [0, 0.05) is 24.2 Å². The van der Waals surface area contributed by atoms with E-state index in [-0.39, 0.29) is 23.8 Å². The van der Waals surface area contributed by atoms with Gasteiger partial charge < -0.3 is 9.73 Å². The fourth-order valence-corrected chi connectivity index (χ4v) is 5.22. The quantitative estimate of drug-likeness (QED) is 0.204. The van der Waals surface area contributed by atoms with Crippen LogP contribution in [0.3, 0.4) is 0 Å². The summed E-state index contributed by atoms with van der Waals surface area (Å²) in [4.78, 5) is 17.5. The van der Waals surface area contributed by atoms with E-state index >= 15 is 0 Å². The van der Waals surface area contributed by atoms with Crippen LogP contribution in [0.25, 0.3) is 11.1 Å². The Labute approximate surface area is 224 Å². The van der Waals surface area contributed by atoms with Gasteiger partial charge in [-0.2, -0.15) is 0 Å². The Morgan fingerprint density at radius 3 is 2.50 bits per heavy atom. The molecule has 0 aliphatic heterocycles. The van der Waals surface area contributed by atoms with Crippen molar-refractivity contribution in [2.24, 2.45) is 0 Å². The average Bonchev–Trinajstić information content (AvgIpc) is 3.31. The zero-order chi connectivity index (χ0) is 27.1. The molecule has 4 rings (SSSR count). The number of amides is 1. The van der Waals surface area contributed by atoms with Crippen LogP contribution in [0.1, 0.15) is 73.3 Å². The molecule has 0 atom stereocenters. The molecule has 3 aromatic carbocycles. The van der Waals surface area contributed by atoms with E-state index in [1.165, 1.54) is 6.42 Å². The summed E-state index contributed by atoms with van der Waals surface area (Å²) in [6, 6.07) is 19.9. The maximum Gasteiger partial charge on any atom is 0.255 e. The number of carbonyl (C=O) groups excluding carboxylic acids is 1. The van der Waals surface area contributed by atoms with Crippen molar-refractivity contribution in [1.29, 1.82) is 0 Å². The molecule has 8 heteroatoms. The molecule has 0 spiro atoms. The average molecular weight is 534 g/mol. The lowest BCUT2D eigenvalue weighted by Gasteiger charge is -2.09. The number of aryl methyl sites for hydroxylation is 1. The summed E-state index contributed by atoms with van der Waals surface area (Å²) in [5.41, 5.74) is 4.56. The van der Waals surface area contributed by atoms with Gasteiger partial charge in [-0.25, -0.2) is 18.1 Å². The highest BCUT2D eigenvalue weighted by Crippen LogP contribution is 2.21. The van der Waals surface area contributed by atoms with Crippen molar-refractivity contribution in [3.05, 3.63) is 89.3 Å². The van der Waals surface area contributed by atoms with E-state index in [1.807, 2.05) is 36.4 Å². The molecule has 0 bridgehead atoms. The van der Waals surface area contributed by atoms with Crippen molar-refractivity contribution >= 4 is 32.7 Å². The summed E-state index contributed by atoms with van der Waals surface area (Å²) in [7, 11) is -3.63. The van der Waals surface area contributed by atoms with Gasteiger partial charge in [0.25, 0.3) is 5.91 Å². The molecule has 2 N–H and O–H groups in total. The molecule has 200 valence electrons. The van der Waals surface area contributed by atoms with Gasteiger partial charge in [0.2, 0.25) is 10.0 Å². The second-order valence-electron chi connectivity index (χ2n) is 9.77. The first-order valence-electron chi connectivity index (χ1n) is 13.1. The Morgan fingerprint density at radius 1 is 0.974 bits per heavy atom. The summed E-state index contributed by atoms with van der Waals surface area (Å²) in [6.45, 7) is 6.52. The Kier molecular flexibility index (Phi) is 8.97. The fourth-order valence-electron chi connectivity index (χ4n) is 4.19. The predicted molar refractivity (Wildman–Crippen MR) is 151 cm³/mol. The van der Waals surface area contributed by atoms with Crippen molar-refractivity contribution in [3.8, 4) is 0 Å². The Balaban J connectivity index is 1.35. The molecule has 0 aliphatic carbocycles. The molecule has 1 heterocycles. The summed E-state index contributed by atoms with van der Waals surface area (Å²) in [5.74, 6) is 0.521. The third kappa shape index (κ3) is 7.08. The van der Waals surface area contributed by atoms with Crippen LogP contribution in [0, 0.1) is 0 Å². The van der Waals surface area contributed by atoms with E-state index < -0.39 is 10.0 Å². The summed E-state index contributed by atoms with van der Waals surface area (Å²) in [5, 5.41) is 2.93. The number of carbonyl (C=O) groups is 1. The number of hydrogen-bond acceptors (Lipinski definition) is 5. The van der Waals surface area contributed by atoms with Crippen LogP contribution in [0.5, 0.6) is 0 Å². The predicted octanol–water partition coefficient (Wildman–Crippen LogP) is 6.46. The Hall–Kier alpha value is -3.49. The van der Waals surface area contributed by atoms with Crippen LogP contribution in [0.4, 0.5) is 5.69 Å². The van der Waals surface area contributed by atoms with Crippen molar-refractivity contribution in [2.75, 3.05) is 11.9 Å². The fraction of sp³-hybridized carbons (Fsp3) is 0.333. The largest absolute Gasteiger partial charge is 0.441 e. The number of rotatable bonds is 12. The van der Waals surface area contributed by atoms with E-state index in [4.69, 9.17) is 4.42 Å². The standard InChI is InChI=1S/C30H35N3O4S/c1-4-5-6-8-22-11-14-26(15-12-22)38(35,36)31-18-17-29-33-27-16-13-24(20-28(27)37-29)30(34)32-25-10-7-9-23(19-25)21(2)3/h7,9-16,19-21,31H,4-6,8,17-18H2,1-3H3,(H,32,34). The van der Waals surface area contributed by atoms with Gasteiger partial charge in [0.1, 0.15) is 5.52 Å². The van der Waals surface area contributed by atoms with Gasteiger partial charge in [0.05, 0.1) is 4.90 Å². The lowest BCUT2D eigenvalue weighted by atomic mass is 10.0. The van der Waals surface area contributed by atoms with Crippen LogP contribution in [-0.4, -0.2) is 25.9 Å². The number of benzene rings is 3. The lowest BCUT2D eigenvalue weighted by Crippen LogP contribution is -2.26. The molecule has 0 fully saturated rings. The first kappa shape index (κ1) is 27.5. The SMILES string of the molecule is CCCCCc1ccc(S(=O)(=O)NCCc2nc3ccc(C(=O)Nc4cccc(C(C)C)c4)cc3o2)cc1. The van der Waals surface area contributed by atoms with Crippen molar-refractivity contribution in [1.82, 2.24) is 9.71 Å². The van der Waals surface area contributed by atoms with E-state index in [0.29, 0.717) is 28.5 Å². The number of unbranched alkanes of at least 4 members (excludes halogenated alkanes) is 2. The second-order valence-corrected chi connectivity index (χ2v) is 11.5. The maximum absolute atomic E-state index is 12.8. The van der Waals surface area contributed by atoms with Gasteiger partial charge in [-0.3, -0.25) is 4.79 Å². The molecule has 0 saturated carbocycles. The Bertz CT molecular complexity index is 1490. The number of aromatic nitrogens is 1. The number of fused-ring (bicyclic) bond motifs is 1. The zero-order valence-electron chi connectivity index (χ0n) is 22.2. The van der Waals surface area contributed by atoms with Gasteiger partial charge in [-0.05, 0) is 72.4 Å². The summed E-state index contributed by atoms with van der Waals surface area (Å²) >= 11 is 0. The normalized spacial score (nSPS) is 11.8. The number of nitrogens with zero attached hydrogens (tertiary/aromatic N) is 1. The van der Waals surface area contributed by atoms with Gasteiger partial charge >= 0.3 is 0 Å². The Morgan fingerprint density at radius 2 is 1.76 bits per heavy atom. The molecule has 1 amide bonds. The highest BCUT2D eigenvalue weighted by Gasteiger charge is 2.15. The lowest BCUT2D eigenvalue weighted by molar-refractivity contribution is 0.102. The summed E-state index contributed by atoms with van der Waals surface area (Å²) < 4.78 is 33.8. The minimum Gasteiger partial charge on any atom is -0.441 e. The van der Waals surface area contributed by atoms with E-state index in [2.05, 4.69) is 35.8 Å². The molecule has 0 saturated heterocycles. The van der Waals surface area contributed by atoms with Crippen LogP contribution in [0.2, 0.25) is 0 Å². The van der Waals surface area contributed by atoms with Crippen LogP contribution in [0.15, 0.2) is 76.0 Å². The molecular weight excluding hydrogens is 498 g/mol. The van der Waals surface area contributed by atoms with E-state index in [1.54, 1.807) is 30.3 Å². The smallest absolute Gasteiger partial charge is 0.255 e. The number of nitrogens with one attached hydrogen (secondary N) is 2. The molecule has 4 aromatic rings. The van der Waals surface area contributed by atoms with Gasteiger partial charge in [-0.1, -0.05) is 57.9 Å². The highest BCUT2D eigenvalue weighted by molar-refractivity contribution is 7.89. The molecule has 0 aliphatic rings. The molecule has 38 heavy (non-hydrogen) atoms. The van der Waals surface area contributed by atoms with Crippen molar-refractivity contribution in [2.45, 2.75) is 63.7 Å². The van der Waals surface area contributed by atoms with Crippen LogP contribution < -0.4 is 10.0 Å². The minimum absolute atomic E-state index is 0.146. The van der Waals surface area contributed by atoms with E-state index in [9.17, 15) is 13.2 Å². The van der Waals surface area contributed by atoms with Gasteiger partial charge in [-0.15, -0.1) is 0 Å². The molecule has 0 radical (unpaired) electrons. The van der Waals surface area contributed by atoms with Crippen LogP contribution in [-0.2, 0) is 22.9 Å². The third-order valence-corrected chi connectivity index (χ3v) is 7.92. The molecule has 7 nitrogen and oxygen atoms in total. The topological polar surface area (TPSA) is 101 Å².